The molecule has 25 heavy (non-hydrogen) atoms. The van der Waals surface area contributed by atoms with Crippen molar-refractivity contribution in [3.05, 3.63) is 59.0 Å². The Hall–Kier alpha value is -2.82. The topological polar surface area (TPSA) is 55.6 Å². The number of rotatable bonds is 5. The van der Waals surface area contributed by atoms with Crippen molar-refractivity contribution < 1.29 is 9.53 Å². The highest BCUT2D eigenvalue weighted by Gasteiger charge is 2.20. The predicted octanol–water partition coefficient (Wildman–Crippen LogP) is 4.16. The van der Waals surface area contributed by atoms with Crippen molar-refractivity contribution >= 4 is 17.2 Å². The van der Waals surface area contributed by atoms with E-state index < -0.39 is 0 Å². The number of nitrogens with zero attached hydrogens (tertiary/aromatic N) is 2. The number of hydrogen-bond donors (Lipinski definition) is 1. The number of hydrogen-bond acceptors (Lipinski definition) is 3. The van der Waals surface area contributed by atoms with Gasteiger partial charge in [0, 0.05) is 6.20 Å². The van der Waals surface area contributed by atoms with Crippen molar-refractivity contribution in [2.24, 2.45) is 0 Å². The van der Waals surface area contributed by atoms with Crippen LogP contribution in [0, 0.1) is 13.8 Å². The van der Waals surface area contributed by atoms with E-state index in [4.69, 9.17) is 9.72 Å². The van der Waals surface area contributed by atoms with Crippen LogP contribution in [0.25, 0.3) is 5.65 Å². The van der Waals surface area contributed by atoms with E-state index in [1.165, 1.54) is 0 Å². The summed E-state index contributed by atoms with van der Waals surface area (Å²) in [5.41, 5.74) is 5.00. The molecule has 1 amide bonds. The highest BCUT2D eigenvalue weighted by molar-refractivity contribution is 6.05. The second-order valence-electron chi connectivity index (χ2n) is 6.20. The number of nitrogens with one attached hydrogen (secondary N) is 1. The molecule has 1 N–H and O–H groups in total. The van der Waals surface area contributed by atoms with Crippen LogP contribution in [0.2, 0.25) is 0 Å². The molecule has 3 aromatic rings. The maximum Gasteiger partial charge on any atom is 0.274 e. The Kier molecular flexibility index (Phi) is 4.74. The second-order valence-corrected chi connectivity index (χ2v) is 6.20. The fourth-order valence-electron chi connectivity index (χ4n) is 3.00. The SMILES string of the molecule is CCCc1nc2c(C)cccn2c1C(=O)Nc1cc(C)ccc1OC. The first-order valence-electron chi connectivity index (χ1n) is 8.47. The molecule has 0 unspecified atom stereocenters. The van der Waals surface area contributed by atoms with E-state index in [0.29, 0.717) is 17.1 Å². The van der Waals surface area contributed by atoms with Crippen molar-refractivity contribution in [2.45, 2.75) is 33.6 Å². The molecule has 2 heterocycles. The molecule has 3 rings (SSSR count). The first kappa shape index (κ1) is 17.0. The van der Waals surface area contributed by atoms with Gasteiger partial charge in [-0.3, -0.25) is 9.20 Å². The number of pyridine rings is 1. The number of fused-ring (bicyclic) bond motifs is 1. The molecule has 0 spiro atoms. The number of carbonyl (C=O) groups is 1. The first-order chi connectivity index (χ1) is 12.0. The molecule has 0 aliphatic rings. The lowest BCUT2D eigenvalue weighted by Crippen LogP contribution is -2.17. The van der Waals surface area contributed by atoms with Gasteiger partial charge < -0.3 is 10.1 Å². The third-order valence-electron chi connectivity index (χ3n) is 4.22. The standard InChI is InChI=1S/C20H23N3O2/c1-5-7-15-18(23-11-6-8-14(3)19(23)21-15)20(24)22-16-12-13(2)9-10-17(16)25-4/h6,8-12H,5,7H2,1-4H3,(H,22,24). The largest absolute Gasteiger partial charge is 0.495 e. The molecule has 2 aromatic heterocycles. The van der Waals surface area contributed by atoms with Gasteiger partial charge in [-0.2, -0.15) is 0 Å². The minimum atomic E-state index is -0.176. The maximum absolute atomic E-state index is 13.0. The molecule has 0 saturated carbocycles. The van der Waals surface area contributed by atoms with E-state index in [9.17, 15) is 4.79 Å². The van der Waals surface area contributed by atoms with Crippen molar-refractivity contribution in [1.29, 1.82) is 0 Å². The van der Waals surface area contributed by atoms with Gasteiger partial charge in [-0.1, -0.05) is 25.5 Å². The molecule has 0 aliphatic heterocycles. The molecule has 1 aromatic carbocycles. The Labute approximate surface area is 147 Å². The fourth-order valence-corrected chi connectivity index (χ4v) is 3.00. The van der Waals surface area contributed by atoms with Crippen LogP contribution in [-0.2, 0) is 6.42 Å². The van der Waals surface area contributed by atoms with E-state index in [2.05, 4.69) is 12.2 Å². The van der Waals surface area contributed by atoms with Gasteiger partial charge in [-0.15, -0.1) is 0 Å². The summed E-state index contributed by atoms with van der Waals surface area (Å²) < 4.78 is 7.24. The molecular formula is C20H23N3O2. The molecule has 0 radical (unpaired) electrons. The number of methoxy groups -OCH3 is 1. The lowest BCUT2D eigenvalue weighted by Gasteiger charge is -2.12. The number of ether oxygens (including phenoxy) is 1. The molecule has 130 valence electrons. The van der Waals surface area contributed by atoms with Gasteiger partial charge in [-0.05, 0) is 49.6 Å². The third kappa shape index (κ3) is 3.22. The molecule has 0 atom stereocenters. The van der Waals surface area contributed by atoms with Gasteiger partial charge >= 0.3 is 0 Å². The number of aryl methyl sites for hydroxylation is 3. The van der Waals surface area contributed by atoms with E-state index in [1.54, 1.807) is 7.11 Å². The predicted molar refractivity (Wildman–Crippen MR) is 99.6 cm³/mol. The molecular weight excluding hydrogens is 314 g/mol. The monoisotopic (exact) mass is 337 g/mol. The van der Waals surface area contributed by atoms with Crippen LogP contribution in [0.1, 0.15) is 40.7 Å². The second kappa shape index (κ2) is 6.97. The highest BCUT2D eigenvalue weighted by Crippen LogP contribution is 2.26. The van der Waals surface area contributed by atoms with Gasteiger partial charge in [0.15, 0.2) is 0 Å². The van der Waals surface area contributed by atoms with Gasteiger partial charge in [0.2, 0.25) is 0 Å². The summed E-state index contributed by atoms with van der Waals surface area (Å²) in [4.78, 5) is 17.7. The summed E-state index contributed by atoms with van der Waals surface area (Å²) in [5, 5.41) is 2.99. The van der Waals surface area contributed by atoms with Gasteiger partial charge in [-0.25, -0.2) is 4.98 Å². The van der Waals surface area contributed by atoms with E-state index in [-0.39, 0.29) is 5.91 Å². The van der Waals surface area contributed by atoms with Crippen molar-refractivity contribution in [3.8, 4) is 5.75 Å². The Morgan fingerprint density at radius 2 is 2.08 bits per heavy atom. The average molecular weight is 337 g/mol. The summed E-state index contributed by atoms with van der Waals surface area (Å²) in [6.45, 7) is 6.07. The summed E-state index contributed by atoms with van der Waals surface area (Å²) >= 11 is 0. The van der Waals surface area contributed by atoms with Crippen molar-refractivity contribution in [1.82, 2.24) is 9.38 Å². The molecule has 0 fully saturated rings. The number of imidazole rings is 1. The minimum Gasteiger partial charge on any atom is -0.495 e. The van der Waals surface area contributed by atoms with Crippen molar-refractivity contribution in [3.63, 3.8) is 0 Å². The van der Waals surface area contributed by atoms with Crippen LogP contribution in [0.4, 0.5) is 5.69 Å². The van der Waals surface area contributed by atoms with Crippen LogP contribution >= 0.6 is 0 Å². The Morgan fingerprint density at radius 3 is 2.80 bits per heavy atom. The Balaban J connectivity index is 2.06. The van der Waals surface area contributed by atoms with Crippen LogP contribution in [-0.4, -0.2) is 22.4 Å². The normalized spacial score (nSPS) is 10.9. The number of anilines is 1. The van der Waals surface area contributed by atoms with Crippen LogP contribution in [0.15, 0.2) is 36.5 Å². The molecule has 0 bridgehead atoms. The number of aromatic nitrogens is 2. The molecule has 0 aliphatic carbocycles. The zero-order valence-electron chi connectivity index (χ0n) is 15.1. The summed E-state index contributed by atoms with van der Waals surface area (Å²) in [7, 11) is 1.60. The first-order valence-corrected chi connectivity index (χ1v) is 8.47. The average Bonchev–Trinajstić information content (AvgIpc) is 2.95. The number of benzene rings is 1. The quantitative estimate of drug-likeness (QED) is 0.760. The molecule has 0 saturated heterocycles. The highest BCUT2D eigenvalue weighted by atomic mass is 16.5. The lowest BCUT2D eigenvalue weighted by atomic mass is 10.1. The van der Waals surface area contributed by atoms with Crippen molar-refractivity contribution in [2.75, 3.05) is 12.4 Å². The molecule has 5 heteroatoms. The molecule has 5 nitrogen and oxygen atoms in total. The van der Waals surface area contributed by atoms with E-state index >= 15 is 0 Å². The van der Waals surface area contributed by atoms with Crippen LogP contribution < -0.4 is 10.1 Å². The van der Waals surface area contributed by atoms with Gasteiger partial charge in [0.05, 0.1) is 18.5 Å². The van der Waals surface area contributed by atoms with E-state index in [1.807, 2.05) is 54.8 Å². The fraction of sp³-hybridized carbons (Fsp3) is 0.300. The Morgan fingerprint density at radius 1 is 1.28 bits per heavy atom. The van der Waals surface area contributed by atoms with E-state index in [0.717, 1.165) is 35.3 Å². The zero-order chi connectivity index (χ0) is 18.0. The van der Waals surface area contributed by atoms with Gasteiger partial charge in [0.1, 0.15) is 17.1 Å². The van der Waals surface area contributed by atoms with Crippen LogP contribution in [0.3, 0.4) is 0 Å². The Bertz CT molecular complexity index is 928. The van der Waals surface area contributed by atoms with Gasteiger partial charge in [0.25, 0.3) is 5.91 Å². The van der Waals surface area contributed by atoms with Crippen LogP contribution in [0.5, 0.6) is 5.75 Å². The number of amides is 1. The lowest BCUT2D eigenvalue weighted by molar-refractivity contribution is 0.102. The third-order valence-corrected chi connectivity index (χ3v) is 4.22. The minimum absolute atomic E-state index is 0.176. The number of carbonyl (C=O) groups excluding carboxylic acids is 1. The summed E-state index contributed by atoms with van der Waals surface area (Å²) in [5.74, 6) is 0.464. The maximum atomic E-state index is 13.0. The zero-order valence-corrected chi connectivity index (χ0v) is 15.1. The summed E-state index contributed by atoms with van der Waals surface area (Å²) in [6.07, 6.45) is 3.57. The smallest absolute Gasteiger partial charge is 0.274 e. The summed E-state index contributed by atoms with van der Waals surface area (Å²) in [6, 6.07) is 9.66.